The summed E-state index contributed by atoms with van der Waals surface area (Å²) in [5.41, 5.74) is 2.17. The highest BCUT2D eigenvalue weighted by atomic mass is 16.7. The number of ether oxygens (including phenoxy) is 2. The van der Waals surface area contributed by atoms with Crippen LogP contribution in [0, 0.1) is 0 Å². The maximum absolute atomic E-state index is 10.1. The van der Waals surface area contributed by atoms with Crippen molar-refractivity contribution in [2.45, 2.75) is 0 Å². The summed E-state index contributed by atoms with van der Waals surface area (Å²) in [6.45, 7) is 0.249. The number of carbonyl (C=O) groups excluding carboxylic acids is 1. The largest absolute Gasteiger partial charge is 0.454 e. The monoisotopic (exact) mass is 240 g/mol. The van der Waals surface area contributed by atoms with Crippen molar-refractivity contribution in [3.05, 3.63) is 36.5 Å². The molecule has 0 amide bonds. The molecule has 0 bridgehead atoms. The fourth-order valence-electron chi connectivity index (χ4n) is 1.73. The summed E-state index contributed by atoms with van der Waals surface area (Å²) in [5, 5.41) is 0. The molecule has 0 saturated heterocycles. The fourth-order valence-corrected chi connectivity index (χ4v) is 1.73. The number of rotatable bonds is 2. The smallest absolute Gasteiger partial charge is 0.240 e. The Labute approximate surface area is 103 Å². The Hall–Kier alpha value is -2.65. The van der Waals surface area contributed by atoms with Crippen LogP contribution in [0.15, 0.2) is 41.5 Å². The molecule has 5 nitrogen and oxygen atoms in total. The highest BCUT2D eigenvalue weighted by Gasteiger charge is 2.14. The molecule has 2 heterocycles. The van der Waals surface area contributed by atoms with Gasteiger partial charge in [0.2, 0.25) is 12.9 Å². The molecule has 0 fully saturated rings. The van der Waals surface area contributed by atoms with E-state index in [1.165, 1.54) is 12.3 Å². The number of hydrogen-bond acceptors (Lipinski definition) is 5. The third kappa shape index (κ3) is 1.83. The number of nitrogens with zero attached hydrogens (tertiary/aromatic N) is 2. The van der Waals surface area contributed by atoms with Crippen LogP contribution in [-0.4, -0.2) is 17.9 Å². The minimum absolute atomic E-state index is 0.249. The van der Waals surface area contributed by atoms with E-state index in [2.05, 4.69) is 9.98 Å². The van der Waals surface area contributed by atoms with Gasteiger partial charge in [0.15, 0.2) is 11.5 Å². The van der Waals surface area contributed by atoms with Gasteiger partial charge in [-0.15, -0.1) is 0 Å². The molecular formula is C13H8N2O3. The lowest BCUT2D eigenvalue weighted by atomic mass is 10.1. The molecular weight excluding hydrogens is 232 g/mol. The Morgan fingerprint density at radius 1 is 1.17 bits per heavy atom. The van der Waals surface area contributed by atoms with E-state index in [-0.39, 0.29) is 6.79 Å². The second-order valence-corrected chi connectivity index (χ2v) is 3.67. The first-order valence-corrected chi connectivity index (χ1v) is 5.31. The van der Waals surface area contributed by atoms with E-state index < -0.39 is 0 Å². The number of hydrogen-bond donors (Lipinski definition) is 0. The number of fused-ring (bicyclic) bond motifs is 1. The minimum atomic E-state index is 0.249. The normalized spacial score (nSPS) is 12.0. The zero-order valence-electron chi connectivity index (χ0n) is 9.29. The van der Waals surface area contributed by atoms with Gasteiger partial charge in [0, 0.05) is 5.56 Å². The highest BCUT2D eigenvalue weighted by Crippen LogP contribution is 2.35. The van der Waals surface area contributed by atoms with Gasteiger partial charge >= 0.3 is 0 Å². The van der Waals surface area contributed by atoms with Crippen LogP contribution in [0.5, 0.6) is 11.5 Å². The van der Waals surface area contributed by atoms with Crippen molar-refractivity contribution in [1.29, 1.82) is 0 Å². The topological polar surface area (TPSA) is 60.8 Å². The van der Waals surface area contributed by atoms with Crippen molar-refractivity contribution in [2.24, 2.45) is 4.99 Å². The van der Waals surface area contributed by atoms with Crippen molar-refractivity contribution in [2.75, 3.05) is 6.79 Å². The van der Waals surface area contributed by atoms with E-state index in [0.717, 1.165) is 17.0 Å². The van der Waals surface area contributed by atoms with Gasteiger partial charge in [-0.25, -0.2) is 4.79 Å². The van der Waals surface area contributed by atoms with Crippen molar-refractivity contribution in [1.82, 2.24) is 4.98 Å². The highest BCUT2D eigenvalue weighted by molar-refractivity contribution is 5.65. The van der Waals surface area contributed by atoms with Gasteiger partial charge in [-0.1, -0.05) is 0 Å². The van der Waals surface area contributed by atoms with E-state index in [0.29, 0.717) is 11.4 Å². The Kier molecular flexibility index (Phi) is 2.52. The van der Waals surface area contributed by atoms with Crippen molar-refractivity contribution >= 4 is 11.8 Å². The molecule has 5 heteroatoms. The van der Waals surface area contributed by atoms with E-state index in [1.807, 2.05) is 18.2 Å². The van der Waals surface area contributed by atoms with E-state index >= 15 is 0 Å². The maximum Gasteiger partial charge on any atom is 0.240 e. The summed E-state index contributed by atoms with van der Waals surface area (Å²) >= 11 is 0. The standard InChI is InChI=1S/C13H8N2O3/c16-7-15-10-2-3-11(14-6-10)9-1-4-12-13(5-9)18-8-17-12/h1-6H,8H2. The van der Waals surface area contributed by atoms with Crippen LogP contribution in [-0.2, 0) is 4.79 Å². The molecule has 0 aliphatic carbocycles. The number of aromatic nitrogens is 1. The second kappa shape index (κ2) is 4.31. The van der Waals surface area contributed by atoms with Gasteiger partial charge in [0.1, 0.15) is 0 Å². The molecule has 1 aromatic heterocycles. The second-order valence-electron chi connectivity index (χ2n) is 3.67. The molecule has 0 radical (unpaired) electrons. The van der Waals surface area contributed by atoms with Crippen LogP contribution in [0.1, 0.15) is 0 Å². The first kappa shape index (κ1) is 10.5. The lowest BCUT2D eigenvalue weighted by molar-refractivity contribution is 0.174. The van der Waals surface area contributed by atoms with Crippen LogP contribution >= 0.6 is 0 Å². The first-order chi connectivity index (χ1) is 8.86. The van der Waals surface area contributed by atoms with Crippen LogP contribution in [0.3, 0.4) is 0 Å². The fraction of sp³-hybridized carbons (Fsp3) is 0.0769. The molecule has 3 rings (SSSR count). The molecule has 1 aliphatic rings. The molecule has 1 aromatic carbocycles. The maximum atomic E-state index is 10.1. The van der Waals surface area contributed by atoms with Crippen LogP contribution in [0.25, 0.3) is 11.3 Å². The Bertz CT molecular complexity index is 631. The SMILES string of the molecule is O=C=Nc1ccc(-c2ccc3c(c2)OCO3)nc1. The minimum Gasteiger partial charge on any atom is -0.454 e. The number of aliphatic imine (C=N–C) groups is 1. The summed E-state index contributed by atoms with van der Waals surface area (Å²) < 4.78 is 10.5. The lowest BCUT2D eigenvalue weighted by Gasteiger charge is -2.02. The molecule has 18 heavy (non-hydrogen) atoms. The molecule has 0 spiro atoms. The van der Waals surface area contributed by atoms with Crippen molar-refractivity contribution < 1.29 is 14.3 Å². The molecule has 2 aromatic rings. The predicted octanol–water partition coefficient (Wildman–Crippen LogP) is 2.44. The number of isocyanates is 1. The summed E-state index contributed by atoms with van der Waals surface area (Å²) in [4.78, 5) is 17.8. The van der Waals surface area contributed by atoms with Gasteiger partial charge < -0.3 is 9.47 Å². The summed E-state index contributed by atoms with van der Waals surface area (Å²) in [6, 6.07) is 9.11. The zero-order valence-corrected chi connectivity index (χ0v) is 9.29. The molecule has 0 atom stereocenters. The zero-order chi connectivity index (χ0) is 12.4. The number of pyridine rings is 1. The predicted molar refractivity (Wildman–Crippen MR) is 63.6 cm³/mol. The van der Waals surface area contributed by atoms with Gasteiger partial charge in [-0.3, -0.25) is 4.98 Å². The molecule has 0 N–H and O–H groups in total. The van der Waals surface area contributed by atoms with Crippen LogP contribution in [0.2, 0.25) is 0 Å². The van der Waals surface area contributed by atoms with Gasteiger partial charge in [-0.05, 0) is 30.3 Å². The average Bonchev–Trinajstić information content (AvgIpc) is 2.87. The molecule has 88 valence electrons. The van der Waals surface area contributed by atoms with E-state index in [4.69, 9.17) is 9.47 Å². The van der Waals surface area contributed by atoms with Gasteiger partial charge in [0.05, 0.1) is 17.6 Å². The van der Waals surface area contributed by atoms with Gasteiger partial charge in [-0.2, -0.15) is 4.99 Å². The average molecular weight is 240 g/mol. The van der Waals surface area contributed by atoms with Gasteiger partial charge in [0.25, 0.3) is 0 Å². The van der Waals surface area contributed by atoms with Crippen LogP contribution < -0.4 is 9.47 Å². The lowest BCUT2D eigenvalue weighted by Crippen LogP contribution is -1.92. The molecule has 0 unspecified atom stereocenters. The summed E-state index contributed by atoms with van der Waals surface area (Å²) in [6.07, 6.45) is 2.99. The summed E-state index contributed by atoms with van der Waals surface area (Å²) in [5.74, 6) is 1.45. The summed E-state index contributed by atoms with van der Waals surface area (Å²) in [7, 11) is 0. The quantitative estimate of drug-likeness (QED) is 0.597. The Morgan fingerprint density at radius 3 is 2.83 bits per heavy atom. The Morgan fingerprint density at radius 2 is 2.06 bits per heavy atom. The number of benzene rings is 1. The third-order valence-corrected chi connectivity index (χ3v) is 2.59. The first-order valence-electron chi connectivity index (χ1n) is 5.31. The van der Waals surface area contributed by atoms with Crippen molar-refractivity contribution in [3.63, 3.8) is 0 Å². The Balaban J connectivity index is 1.97. The van der Waals surface area contributed by atoms with E-state index in [1.54, 1.807) is 12.1 Å². The van der Waals surface area contributed by atoms with Crippen molar-refractivity contribution in [3.8, 4) is 22.8 Å². The van der Waals surface area contributed by atoms with Crippen LogP contribution in [0.4, 0.5) is 5.69 Å². The van der Waals surface area contributed by atoms with E-state index in [9.17, 15) is 4.79 Å². The molecule has 0 saturated carbocycles. The molecule has 1 aliphatic heterocycles. The third-order valence-electron chi connectivity index (χ3n) is 2.59.